The van der Waals surface area contributed by atoms with Crippen molar-refractivity contribution in [1.82, 2.24) is 20.1 Å². The first kappa shape index (κ1) is 19.1. The number of aromatic nitrogens is 3. The summed E-state index contributed by atoms with van der Waals surface area (Å²) in [5.74, 6) is 0.397. The minimum absolute atomic E-state index is 0.250. The van der Waals surface area contributed by atoms with Crippen molar-refractivity contribution in [3.63, 3.8) is 0 Å². The fraction of sp³-hybridized carbons (Fsp3) is 0.318. The maximum absolute atomic E-state index is 11.1. The summed E-state index contributed by atoms with van der Waals surface area (Å²) in [6, 6.07) is 9.70. The quantitative estimate of drug-likeness (QED) is 0.641. The SMILES string of the molecule is COc1ccc(-c2[nH]ncc2CN2CCC(Cc3cncc(C(=O)O)c3)C2)cc1. The van der Waals surface area contributed by atoms with Crippen LogP contribution in [0.25, 0.3) is 11.3 Å². The molecule has 0 amide bonds. The Morgan fingerprint density at radius 1 is 1.28 bits per heavy atom. The van der Waals surface area contributed by atoms with Gasteiger partial charge in [-0.25, -0.2) is 4.79 Å². The lowest BCUT2D eigenvalue weighted by Crippen LogP contribution is -2.20. The molecule has 2 N–H and O–H groups in total. The molecule has 4 rings (SSSR count). The molecule has 1 saturated heterocycles. The molecular formula is C22H24N4O3. The normalized spacial score (nSPS) is 16.8. The van der Waals surface area contributed by atoms with Gasteiger partial charge in [-0.15, -0.1) is 0 Å². The van der Waals surface area contributed by atoms with E-state index in [-0.39, 0.29) is 5.56 Å². The Morgan fingerprint density at radius 2 is 2.10 bits per heavy atom. The van der Waals surface area contributed by atoms with Crippen LogP contribution in [0.4, 0.5) is 0 Å². The van der Waals surface area contributed by atoms with Gasteiger partial charge in [-0.1, -0.05) is 0 Å². The topological polar surface area (TPSA) is 91.3 Å². The molecule has 7 heteroatoms. The van der Waals surface area contributed by atoms with E-state index in [0.717, 1.165) is 55.0 Å². The number of nitrogens with zero attached hydrogens (tertiary/aromatic N) is 3. The summed E-state index contributed by atoms with van der Waals surface area (Å²) in [7, 11) is 1.66. The molecule has 0 aliphatic carbocycles. The molecule has 3 aromatic rings. The highest BCUT2D eigenvalue weighted by atomic mass is 16.5. The van der Waals surface area contributed by atoms with Crippen LogP contribution in [0.2, 0.25) is 0 Å². The van der Waals surface area contributed by atoms with Gasteiger partial charge in [0.15, 0.2) is 0 Å². The number of carboxylic acid groups (broad SMARTS) is 1. The first-order valence-electron chi connectivity index (χ1n) is 9.68. The molecule has 0 radical (unpaired) electrons. The van der Waals surface area contributed by atoms with Gasteiger partial charge in [0.2, 0.25) is 0 Å². The number of rotatable bonds is 7. The van der Waals surface area contributed by atoms with Crippen molar-refractivity contribution in [1.29, 1.82) is 0 Å². The molecule has 150 valence electrons. The van der Waals surface area contributed by atoms with E-state index in [1.165, 1.54) is 11.8 Å². The number of methoxy groups -OCH3 is 1. The van der Waals surface area contributed by atoms with E-state index in [2.05, 4.69) is 20.1 Å². The van der Waals surface area contributed by atoms with Crippen molar-refractivity contribution in [2.24, 2.45) is 5.92 Å². The number of carboxylic acids is 1. The van der Waals surface area contributed by atoms with Gasteiger partial charge in [0, 0.05) is 36.6 Å². The van der Waals surface area contributed by atoms with E-state index >= 15 is 0 Å². The lowest BCUT2D eigenvalue weighted by molar-refractivity contribution is 0.0696. The van der Waals surface area contributed by atoms with E-state index in [4.69, 9.17) is 9.84 Å². The number of hydrogen-bond acceptors (Lipinski definition) is 5. The maximum Gasteiger partial charge on any atom is 0.337 e. The summed E-state index contributed by atoms with van der Waals surface area (Å²) in [4.78, 5) is 17.6. The van der Waals surface area contributed by atoms with E-state index in [9.17, 15) is 4.79 Å². The number of carbonyl (C=O) groups is 1. The maximum atomic E-state index is 11.1. The van der Waals surface area contributed by atoms with E-state index in [0.29, 0.717) is 5.92 Å². The van der Waals surface area contributed by atoms with Crippen LogP contribution in [0.5, 0.6) is 5.75 Å². The summed E-state index contributed by atoms with van der Waals surface area (Å²) in [5, 5.41) is 16.5. The number of hydrogen-bond donors (Lipinski definition) is 2. The molecule has 0 spiro atoms. The van der Waals surface area contributed by atoms with Crippen LogP contribution < -0.4 is 4.74 Å². The van der Waals surface area contributed by atoms with Crippen LogP contribution in [0.3, 0.4) is 0 Å². The second kappa shape index (κ2) is 8.45. The zero-order valence-electron chi connectivity index (χ0n) is 16.3. The fourth-order valence-electron chi connectivity index (χ4n) is 3.95. The zero-order valence-corrected chi connectivity index (χ0v) is 16.3. The lowest BCUT2D eigenvalue weighted by Gasteiger charge is -2.16. The predicted molar refractivity (Wildman–Crippen MR) is 109 cm³/mol. The van der Waals surface area contributed by atoms with E-state index < -0.39 is 5.97 Å². The van der Waals surface area contributed by atoms with E-state index in [1.54, 1.807) is 19.4 Å². The van der Waals surface area contributed by atoms with Crippen LogP contribution in [0.15, 0.2) is 48.9 Å². The van der Waals surface area contributed by atoms with Crippen LogP contribution in [-0.4, -0.2) is 51.4 Å². The molecule has 1 atom stereocenters. The van der Waals surface area contributed by atoms with Crippen molar-refractivity contribution in [3.05, 3.63) is 65.6 Å². The molecule has 29 heavy (non-hydrogen) atoms. The van der Waals surface area contributed by atoms with E-state index in [1.807, 2.05) is 30.5 Å². The Bertz CT molecular complexity index is 984. The number of benzene rings is 1. The van der Waals surface area contributed by atoms with Crippen molar-refractivity contribution in [2.75, 3.05) is 20.2 Å². The molecule has 7 nitrogen and oxygen atoms in total. The summed E-state index contributed by atoms with van der Waals surface area (Å²) in [6.45, 7) is 2.83. The third-order valence-corrected chi connectivity index (χ3v) is 5.43. The highest BCUT2D eigenvalue weighted by molar-refractivity contribution is 5.87. The molecule has 1 aliphatic heterocycles. The van der Waals surface area contributed by atoms with Gasteiger partial charge < -0.3 is 9.84 Å². The first-order valence-corrected chi connectivity index (χ1v) is 9.68. The van der Waals surface area contributed by atoms with Crippen molar-refractivity contribution in [2.45, 2.75) is 19.4 Å². The van der Waals surface area contributed by atoms with Crippen LogP contribution in [-0.2, 0) is 13.0 Å². The molecular weight excluding hydrogens is 368 g/mol. The van der Waals surface area contributed by atoms with Crippen molar-refractivity contribution < 1.29 is 14.6 Å². The summed E-state index contributed by atoms with van der Waals surface area (Å²) in [6.07, 6.45) is 7.00. The molecule has 0 saturated carbocycles. The largest absolute Gasteiger partial charge is 0.497 e. The molecule has 2 aromatic heterocycles. The number of H-pyrrole nitrogens is 1. The monoisotopic (exact) mass is 392 g/mol. The molecule has 0 bridgehead atoms. The fourth-order valence-corrected chi connectivity index (χ4v) is 3.95. The van der Waals surface area contributed by atoms with Gasteiger partial charge in [-0.3, -0.25) is 15.0 Å². The number of likely N-dealkylation sites (tertiary alicyclic amines) is 1. The predicted octanol–water partition coefficient (Wildman–Crippen LogP) is 3.24. The van der Waals surface area contributed by atoms with Gasteiger partial charge in [0.25, 0.3) is 0 Å². The average molecular weight is 392 g/mol. The lowest BCUT2D eigenvalue weighted by atomic mass is 9.99. The minimum Gasteiger partial charge on any atom is -0.497 e. The third kappa shape index (κ3) is 4.46. The summed E-state index contributed by atoms with van der Waals surface area (Å²) < 4.78 is 5.23. The Labute approximate surface area is 169 Å². The highest BCUT2D eigenvalue weighted by Crippen LogP contribution is 2.27. The Hall–Kier alpha value is -3.19. The smallest absolute Gasteiger partial charge is 0.337 e. The van der Waals surface area contributed by atoms with Gasteiger partial charge in [0.05, 0.1) is 24.6 Å². The Balaban J connectivity index is 1.39. The number of aromatic carboxylic acids is 1. The van der Waals surface area contributed by atoms with Gasteiger partial charge >= 0.3 is 5.97 Å². The highest BCUT2D eigenvalue weighted by Gasteiger charge is 2.24. The minimum atomic E-state index is -0.932. The van der Waals surface area contributed by atoms with Gasteiger partial charge in [-0.2, -0.15) is 5.10 Å². The van der Waals surface area contributed by atoms with Gasteiger partial charge in [-0.05, 0) is 61.2 Å². The summed E-state index contributed by atoms with van der Waals surface area (Å²) >= 11 is 0. The van der Waals surface area contributed by atoms with Crippen molar-refractivity contribution >= 4 is 5.97 Å². The Morgan fingerprint density at radius 3 is 2.86 bits per heavy atom. The molecule has 1 unspecified atom stereocenters. The van der Waals surface area contributed by atoms with Crippen molar-refractivity contribution in [3.8, 4) is 17.0 Å². The second-order valence-electron chi connectivity index (χ2n) is 7.48. The first-order chi connectivity index (χ1) is 14.1. The average Bonchev–Trinajstić information content (AvgIpc) is 3.38. The number of nitrogens with one attached hydrogen (secondary N) is 1. The molecule has 1 aromatic carbocycles. The zero-order chi connectivity index (χ0) is 20.2. The second-order valence-corrected chi connectivity index (χ2v) is 7.48. The van der Waals surface area contributed by atoms with Crippen LogP contribution in [0.1, 0.15) is 27.9 Å². The molecule has 3 heterocycles. The van der Waals surface area contributed by atoms with Gasteiger partial charge in [0.1, 0.15) is 5.75 Å². The summed E-state index contributed by atoms with van der Waals surface area (Å²) in [5.41, 5.74) is 4.53. The standard InChI is InChI=1S/C22H24N4O3/c1-29-20-4-2-17(3-5-20)21-19(12-24-25-21)14-26-7-6-15(13-26)8-16-9-18(22(27)28)11-23-10-16/h2-5,9-12,15H,6-8,13-14H2,1H3,(H,24,25)(H,27,28). The van der Waals surface area contributed by atoms with Crippen LogP contribution >= 0.6 is 0 Å². The molecule has 1 aliphatic rings. The number of ether oxygens (including phenoxy) is 1. The van der Waals surface area contributed by atoms with Crippen LogP contribution in [0, 0.1) is 5.92 Å². The molecule has 1 fully saturated rings. The number of aromatic amines is 1. The third-order valence-electron chi connectivity index (χ3n) is 5.43. The Kier molecular flexibility index (Phi) is 5.57. The number of pyridine rings is 1.